The first-order valence-corrected chi connectivity index (χ1v) is 6.70. The zero-order valence-electron chi connectivity index (χ0n) is 12.5. The van der Waals surface area contributed by atoms with Gasteiger partial charge in [-0.1, -0.05) is 0 Å². The van der Waals surface area contributed by atoms with Gasteiger partial charge in [0, 0.05) is 24.6 Å². The SMILES string of the molecule is CN(C)CC(CN(C)C)C(=O)c1ccc2c(c1)OCO2. The van der Waals surface area contributed by atoms with Crippen LogP contribution in [0.5, 0.6) is 11.5 Å². The fourth-order valence-electron chi connectivity index (χ4n) is 2.39. The number of fused-ring (bicyclic) bond motifs is 1. The summed E-state index contributed by atoms with van der Waals surface area (Å²) >= 11 is 0. The van der Waals surface area contributed by atoms with Crippen molar-refractivity contribution >= 4 is 5.78 Å². The molecule has 1 aromatic carbocycles. The number of Topliss-reactive ketones (excluding diaryl/α,β-unsaturated/α-hetero) is 1. The van der Waals surface area contributed by atoms with Crippen LogP contribution in [0.1, 0.15) is 10.4 Å². The largest absolute Gasteiger partial charge is 0.454 e. The normalized spacial score (nSPS) is 13.6. The van der Waals surface area contributed by atoms with Crippen molar-refractivity contribution in [3.63, 3.8) is 0 Å². The number of ether oxygens (including phenoxy) is 2. The lowest BCUT2D eigenvalue weighted by Crippen LogP contribution is -2.35. The van der Waals surface area contributed by atoms with E-state index in [2.05, 4.69) is 0 Å². The number of hydrogen-bond acceptors (Lipinski definition) is 5. The number of carbonyl (C=O) groups excluding carboxylic acids is 1. The first kappa shape index (κ1) is 14.8. The predicted molar refractivity (Wildman–Crippen MR) is 77.5 cm³/mol. The van der Waals surface area contributed by atoms with Gasteiger partial charge in [0.15, 0.2) is 17.3 Å². The Bertz CT molecular complexity index is 476. The molecule has 0 fully saturated rings. The first-order chi connectivity index (χ1) is 9.47. The van der Waals surface area contributed by atoms with E-state index in [0.717, 1.165) is 13.1 Å². The van der Waals surface area contributed by atoms with Gasteiger partial charge in [0.2, 0.25) is 6.79 Å². The lowest BCUT2D eigenvalue weighted by molar-refractivity contribution is 0.0870. The average Bonchev–Trinajstić information content (AvgIpc) is 2.83. The molecule has 1 aromatic rings. The highest BCUT2D eigenvalue weighted by atomic mass is 16.7. The molecule has 20 heavy (non-hydrogen) atoms. The quantitative estimate of drug-likeness (QED) is 0.735. The third-order valence-corrected chi connectivity index (χ3v) is 3.20. The minimum atomic E-state index is -0.0552. The standard InChI is InChI=1S/C15H22N2O3/c1-16(2)8-12(9-17(3)4)15(18)11-5-6-13-14(7-11)20-10-19-13/h5-7,12H,8-10H2,1-4H3. The highest BCUT2D eigenvalue weighted by molar-refractivity contribution is 5.98. The Morgan fingerprint density at radius 1 is 1.10 bits per heavy atom. The second kappa shape index (κ2) is 6.24. The van der Waals surface area contributed by atoms with Gasteiger partial charge in [-0.3, -0.25) is 4.79 Å². The molecule has 1 heterocycles. The molecule has 0 N–H and O–H groups in total. The zero-order chi connectivity index (χ0) is 14.7. The van der Waals surface area contributed by atoms with Crippen molar-refractivity contribution < 1.29 is 14.3 Å². The minimum Gasteiger partial charge on any atom is -0.454 e. The summed E-state index contributed by atoms with van der Waals surface area (Å²) < 4.78 is 10.6. The molecule has 0 aliphatic carbocycles. The Morgan fingerprint density at radius 2 is 1.70 bits per heavy atom. The number of rotatable bonds is 6. The number of hydrogen-bond donors (Lipinski definition) is 0. The summed E-state index contributed by atoms with van der Waals surface area (Å²) in [5, 5.41) is 0. The second-order valence-corrected chi connectivity index (χ2v) is 5.65. The highest BCUT2D eigenvalue weighted by Crippen LogP contribution is 2.33. The first-order valence-electron chi connectivity index (χ1n) is 6.70. The van der Waals surface area contributed by atoms with Crippen LogP contribution >= 0.6 is 0 Å². The van der Waals surface area contributed by atoms with Gasteiger partial charge < -0.3 is 19.3 Å². The molecule has 0 saturated heterocycles. The van der Waals surface area contributed by atoms with Crippen LogP contribution in [0.25, 0.3) is 0 Å². The second-order valence-electron chi connectivity index (χ2n) is 5.65. The smallest absolute Gasteiger partial charge is 0.231 e. The molecular weight excluding hydrogens is 256 g/mol. The molecular formula is C15H22N2O3. The van der Waals surface area contributed by atoms with E-state index < -0.39 is 0 Å². The Balaban J connectivity index is 2.17. The van der Waals surface area contributed by atoms with Crippen molar-refractivity contribution in [1.29, 1.82) is 0 Å². The summed E-state index contributed by atoms with van der Waals surface area (Å²) in [6.07, 6.45) is 0. The Kier molecular flexibility index (Phi) is 4.62. The molecule has 0 unspecified atom stereocenters. The van der Waals surface area contributed by atoms with Crippen molar-refractivity contribution in [3.05, 3.63) is 23.8 Å². The number of carbonyl (C=O) groups is 1. The van der Waals surface area contributed by atoms with Crippen molar-refractivity contribution in [2.75, 3.05) is 48.1 Å². The van der Waals surface area contributed by atoms with E-state index in [0.29, 0.717) is 17.1 Å². The Labute approximate surface area is 120 Å². The summed E-state index contributed by atoms with van der Waals surface area (Å²) in [4.78, 5) is 16.7. The van der Waals surface area contributed by atoms with Gasteiger partial charge in [0.05, 0.1) is 0 Å². The van der Waals surface area contributed by atoms with Gasteiger partial charge in [-0.15, -0.1) is 0 Å². The molecule has 0 atom stereocenters. The van der Waals surface area contributed by atoms with Crippen molar-refractivity contribution in [3.8, 4) is 11.5 Å². The number of nitrogens with zero attached hydrogens (tertiary/aromatic N) is 2. The van der Waals surface area contributed by atoms with Crippen LogP contribution in [0.4, 0.5) is 0 Å². The van der Waals surface area contributed by atoms with E-state index >= 15 is 0 Å². The molecule has 0 radical (unpaired) electrons. The topological polar surface area (TPSA) is 42.0 Å². The summed E-state index contributed by atoms with van der Waals surface area (Å²) in [7, 11) is 7.93. The van der Waals surface area contributed by atoms with Crippen LogP contribution in [0, 0.1) is 5.92 Å². The van der Waals surface area contributed by atoms with E-state index in [1.807, 2.05) is 44.1 Å². The van der Waals surface area contributed by atoms with Crippen LogP contribution in [0.15, 0.2) is 18.2 Å². The van der Waals surface area contributed by atoms with Crippen molar-refractivity contribution in [2.24, 2.45) is 5.92 Å². The molecule has 1 aliphatic heterocycles. The van der Waals surface area contributed by atoms with E-state index in [1.165, 1.54) is 0 Å². The molecule has 0 bridgehead atoms. The minimum absolute atomic E-state index is 0.0552. The van der Waals surface area contributed by atoms with Crippen LogP contribution in [0.3, 0.4) is 0 Å². The van der Waals surface area contributed by atoms with E-state index in [4.69, 9.17) is 9.47 Å². The lowest BCUT2D eigenvalue weighted by Gasteiger charge is -2.23. The summed E-state index contributed by atoms with van der Waals surface area (Å²) in [6.45, 7) is 1.68. The molecule has 0 amide bonds. The molecule has 1 aliphatic rings. The molecule has 2 rings (SSSR count). The predicted octanol–water partition coefficient (Wildman–Crippen LogP) is 1.34. The molecule has 5 heteroatoms. The summed E-state index contributed by atoms with van der Waals surface area (Å²) in [6, 6.07) is 5.40. The monoisotopic (exact) mass is 278 g/mol. The van der Waals surface area contributed by atoms with Gasteiger partial charge in [0.25, 0.3) is 0 Å². The third kappa shape index (κ3) is 3.49. The van der Waals surface area contributed by atoms with Crippen LogP contribution in [0.2, 0.25) is 0 Å². The van der Waals surface area contributed by atoms with E-state index in [-0.39, 0.29) is 18.5 Å². The number of benzene rings is 1. The van der Waals surface area contributed by atoms with Gasteiger partial charge in [-0.05, 0) is 46.4 Å². The van der Waals surface area contributed by atoms with Crippen molar-refractivity contribution in [1.82, 2.24) is 9.80 Å². The Morgan fingerprint density at radius 3 is 2.30 bits per heavy atom. The van der Waals surface area contributed by atoms with E-state index in [1.54, 1.807) is 12.1 Å². The number of ketones is 1. The molecule has 110 valence electrons. The van der Waals surface area contributed by atoms with Crippen LogP contribution in [-0.4, -0.2) is 63.7 Å². The van der Waals surface area contributed by atoms with Gasteiger partial charge >= 0.3 is 0 Å². The van der Waals surface area contributed by atoms with E-state index in [9.17, 15) is 4.79 Å². The maximum Gasteiger partial charge on any atom is 0.231 e. The summed E-state index contributed by atoms with van der Waals surface area (Å²) in [5.74, 6) is 1.45. The third-order valence-electron chi connectivity index (χ3n) is 3.20. The van der Waals surface area contributed by atoms with Crippen molar-refractivity contribution in [2.45, 2.75) is 0 Å². The Hall–Kier alpha value is -1.59. The van der Waals surface area contributed by atoms with Crippen LogP contribution in [-0.2, 0) is 0 Å². The maximum atomic E-state index is 12.7. The van der Waals surface area contributed by atoms with Crippen LogP contribution < -0.4 is 9.47 Å². The highest BCUT2D eigenvalue weighted by Gasteiger charge is 2.24. The van der Waals surface area contributed by atoms with Gasteiger partial charge in [0.1, 0.15) is 0 Å². The average molecular weight is 278 g/mol. The molecule has 0 saturated carbocycles. The molecule has 0 aromatic heterocycles. The summed E-state index contributed by atoms with van der Waals surface area (Å²) in [5.41, 5.74) is 0.683. The van der Waals surface area contributed by atoms with Gasteiger partial charge in [-0.25, -0.2) is 0 Å². The fourth-order valence-corrected chi connectivity index (χ4v) is 2.39. The fraction of sp³-hybridized carbons (Fsp3) is 0.533. The lowest BCUT2D eigenvalue weighted by atomic mass is 9.96. The zero-order valence-corrected chi connectivity index (χ0v) is 12.5. The molecule has 0 spiro atoms. The maximum absolute atomic E-state index is 12.7. The van der Waals surface area contributed by atoms with Gasteiger partial charge in [-0.2, -0.15) is 0 Å². The molecule has 5 nitrogen and oxygen atoms in total.